The molecule has 0 radical (unpaired) electrons. The Kier molecular flexibility index (Phi) is 4.48. The van der Waals surface area contributed by atoms with Crippen molar-refractivity contribution in [3.05, 3.63) is 52.2 Å². The highest BCUT2D eigenvalue weighted by molar-refractivity contribution is 7.71. The van der Waals surface area contributed by atoms with Crippen molar-refractivity contribution in [3.8, 4) is 17.3 Å². The summed E-state index contributed by atoms with van der Waals surface area (Å²) in [6, 6.07) is 14.2. The number of nitrogens with zero attached hydrogens (tertiary/aromatic N) is 1. The Balaban J connectivity index is 2.25. The molecule has 96 valence electrons. The summed E-state index contributed by atoms with van der Waals surface area (Å²) in [5.41, 5.74) is 3.91. The summed E-state index contributed by atoms with van der Waals surface area (Å²) in [6.07, 6.45) is 3.56. The first-order valence-corrected chi connectivity index (χ1v) is 6.88. The van der Waals surface area contributed by atoms with Gasteiger partial charge in [-0.15, -0.1) is 0 Å². The number of rotatable bonds is 4. The van der Waals surface area contributed by atoms with Crippen molar-refractivity contribution >= 4 is 12.2 Å². The number of aryl methyl sites for hydroxylation is 1. The van der Waals surface area contributed by atoms with Gasteiger partial charge in [0.25, 0.3) is 0 Å². The fourth-order valence-corrected chi connectivity index (χ4v) is 2.19. The van der Waals surface area contributed by atoms with E-state index < -0.39 is 0 Å². The van der Waals surface area contributed by atoms with Crippen LogP contribution in [0.4, 0.5) is 0 Å². The molecule has 2 rings (SSSR count). The Morgan fingerprint density at radius 3 is 2.47 bits per heavy atom. The normalized spacial score (nSPS) is 10.1. The number of hydrogen-bond acceptors (Lipinski definition) is 2. The second-order valence-electron chi connectivity index (χ2n) is 4.53. The third kappa shape index (κ3) is 3.30. The maximum atomic E-state index is 8.86. The molecule has 2 aromatic rings. The molecule has 1 N–H and O–H groups in total. The van der Waals surface area contributed by atoms with Crippen LogP contribution < -0.4 is 0 Å². The number of nitrogens with one attached hydrogen (secondary N) is 1. The van der Waals surface area contributed by atoms with Gasteiger partial charge in [-0.2, -0.15) is 5.26 Å². The van der Waals surface area contributed by atoms with Crippen LogP contribution >= 0.6 is 12.2 Å². The molecule has 0 spiro atoms. The Morgan fingerprint density at radius 1 is 1.16 bits per heavy atom. The van der Waals surface area contributed by atoms with Gasteiger partial charge < -0.3 is 4.98 Å². The molecule has 1 aromatic carbocycles. The minimum absolute atomic E-state index is 0.495. The first-order chi connectivity index (χ1) is 9.24. The third-order valence-electron chi connectivity index (χ3n) is 3.11. The van der Waals surface area contributed by atoms with Crippen molar-refractivity contribution in [1.82, 2.24) is 4.98 Å². The molecule has 0 aliphatic rings. The third-order valence-corrected chi connectivity index (χ3v) is 3.44. The highest BCUT2D eigenvalue weighted by atomic mass is 32.1. The maximum absolute atomic E-state index is 8.86. The molecule has 0 unspecified atom stereocenters. The molecule has 0 atom stereocenters. The average molecular weight is 268 g/mol. The highest BCUT2D eigenvalue weighted by Gasteiger charge is 2.01. The van der Waals surface area contributed by atoms with Gasteiger partial charge in [-0.05, 0) is 36.1 Å². The van der Waals surface area contributed by atoms with Gasteiger partial charge in [0.05, 0.1) is 5.56 Å². The van der Waals surface area contributed by atoms with Crippen LogP contribution in [0.1, 0.15) is 30.9 Å². The van der Waals surface area contributed by atoms with Crippen molar-refractivity contribution in [3.63, 3.8) is 0 Å². The van der Waals surface area contributed by atoms with E-state index in [4.69, 9.17) is 17.5 Å². The largest absolute Gasteiger partial charge is 0.345 e. The zero-order chi connectivity index (χ0) is 13.7. The first kappa shape index (κ1) is 13.5. The number of hydrogen-bond donors (Lipinski definition) is 1. The van der Waals surface area contributed by atoms with E-state index in [1.54, 1.807) is 6.07 Å². The van der Waals surface area contributed by atoms with Crippen molar-refractivity contribution in [2.45, 2.75) is 26.2 Å². The zero-order valence-corrected chi connectivity index (χ0v) is 11.8. The number of pyridine rings is 1. The maximum Gasteiger partial charge on any atom is 0.121 e. The van der Waals surface area contributed by atoms with Gasteiger partial charge in [-0.25, -0.2) is 0 Å². The number of aromatic amines is 1. The molecule has 0 saturated carbocycles. The fraction of sp³-hybridized carbons (Fsp3) is 0.250. The van der Waals surface area contributed by atoms with Crippen molar-refractivity contribution in [2.75, 3.05) is 0 Å². The highest BCUT2D eigenvalue weighted by Crippen LogP contribution is 2.19. The van der Waals surface area contributed by atoms with E-state index in [-0.39, 0.29) is 0 Å². The van der Waals surface area contributed by atoms with Crippen LogP contribution in [0.2, 0.25) is 0 Å². The Hall–Kier alpha value is -1.92. The van der Waals surface area contributed by atoms with E-state index in [9.17, 15) is 0 Å². The van der Waals surface area contributed by atoms with Crippen LogP contribution in [0.3, 0.4) is 0 Å². The molecule has 2 nitrogen and oxygen atoms in total. The molecule has 1 heterocycles. The van der Waals surface area contributed by atoms with Gasteiger partial charge in [-0.3, -0.25) is 0 Å². The molecule has 0 aliphatic heterocycles. The molecular formula is C16H16N2S. The van der Waals surface area contributed by atoms with Crippen LogP contribution in [-0.4, -0.2) is 4.98 Å². The Bertz CT molecular complexity index is 648. The Morgan fingerprint density at radius 2 is 1.89 bits per heavy atom. The van der Waals surface area contributed by atoms with Crippen molar-refractivity contribution in [1.29, 1.82) is 5.26 Å². The number of benzene rings is 1. The second-order valence-corrected chi connectivity index (χ2v) is 4.94. The van der Waals surface area contributed by atoms with Crippen LogP contribution in [0, 0.1) is 16.0 Å². The summed E-state index contributed by atoms with van der Waals surface area (Å²) in [7, 11) is 0. The predicted molar refractivity (Wildman–Crippen MR) is 80.4 cm³/mol. The van der Waals surface area contributed by atoms with Gasteiger partial charge in [0.2, 0.25) is 0 Å². The van der Waals surface area contributed by atoms with Crippen LogP contribution in [0.5, 0.6) is 0 Å². The molecule has 0 fully saturated rings. The summed E-state index contributed by atoms with van der Waals surface area (Å²) in [5, 5.41) is 8.86. The molecule has 19 heavy (non-hydrogen) atoms. The smallest absolute Gasteiger partial charge is 0.121 e. The topological polar surface area (TPSA) is 39.6 Å². The van der Waals surface area contributed by atoms with E-state index in [1.807, 2.05) is 6.07 Å². The zero-order valence-electron chi connectivity index (χ0n) is 10.9. The summed E-state index contributed by atoms with van der Waals surface area (Å²) in [5.74, 6) is 0. The quantitative estimate of drug-likeness (QED) is 0.821. The molecule has 0 bridgehead atoms. The minimum atomic E-state index is 0.495. The molecule has 0 amide bonds. The van der Waals surface area contributed by atoms with E-state index in [2.05, 4.69) is 42.2 Å². The van der Waals surface area contributed by atoms with Crippen LogP contribution in [-0.2, 0) is 6.42 Å². The first-order valence-electron chi connectivity index (χ1n) is 6.47. The summed E-state index contributed by atoms with van der Waals surface area (Å²) in [4.78, 5) is 3.10. The molecule has 3 heteroatoms. The summed E-state index contributed by atoms with van der Waals surface area (Å²) >= 11 is 5.14. The van der Waals surface area contributed by atoms with E-state index in [0.29, 0.717) is 10.2 Å². The standard InChI is InChI=1S/C16H16N2S/c1-2-3-4-12-5-7-13(8-6-12)15-10-9-14(11-17)16(19)18-15/h5-10H,2-4H2,1H3,(H,18,19). The average Bonchev–Trinajstić information content (AvgIpc) is 2.45. The molecule has 0 saturated heterocycles. The number of unbranched alkanes of at least 4 members (excludes halogenated alkanes) is 1. The van der Waals surface area contributed by atoms with E-state index in [1.165, 1.54) is 18.4 Å². The van der Waals surface area contributed by atoms with Gasteiger partial charge in [0.1, 0.15) is 10.7 Å². The lowest BCUT2D eigenvalue weighted by Gasteiger charge is -2.05. The van der Waals surface area contributed by atoms with Crippen LogP contribution in [0.15, 0.2) is 36.4 Å². The molecule has 0 aliphatic carbocycles. The van der Waals surface area contributed by atoms with Gasteiger partial charge in [0.15, 0.2) is 0 Å². The number of aromatic nitrogens is 1. The number of H-pyrrole nitrogens is 1. The van der Waals surface area contributed by atoms with Gasteiger partial charge >= 0.3 is 0 Å². The SMILES string of the molecule is CCCCc1ccc(-c2ccc(C#N)c(=S)[nH]2)cc1. The summed E-state index contributed by atoms with van der Waals surface area (Å²) in [6.45, 7) is 2.20. The van der Waals surface area contributed by atoms with Crippen molar-refractivity contribution < 1.29 is 0 Å². The second kappa shape index (κ2) is 6.31. The predicted octanol–water partition coefficient (Wildman–Crippen LogP) is 4.63. The van der Waals surface area contributed by atoms with Gasteiger partial charge in [-0.1, -0.05) is 49.8 Å². The van der Waals surface area contributed by atoms with Crippen LogP contribution in [0.25, 0.3) is 11.3 Å². The van der Waals surface area contributed by atoms with Crippen molar-refractivity contribution in [2.24, 2.45) is 0 Å². The monoisotopic (exact) mass is 268 g/mol. The molecule has 1 aromatic heterocycles. The minimum Gasteiger partial charge on any atom is -0.345 e. The number of nitriles is 1. The lowest BCUT2D eigenvalue weighted by molar-refractivity contribution is 0.795. The molecular weight excluding hydrogens is 252 g/mol. The van der Waals surface area contributed by atoms with E-state index >= 15 is 0 Å². The van der Waals surface area contributed by atoms with Gasteiger partial charge in [0, 0.05) is 5.69 Å². The Labute approximate surface area is 118 Å². The lowest BCUT2D eigenvalue weighted by atomic mass is 10.0. The lowest BCUT2D eigenvalue weighted by Crippen LogP contribution is -1.89. The fourth-order valence-electron chi connectivity index (χ4n) is 1.96. The summed E-state index contributed by atoms with van der Waals surface area (Å²) < 4.78 is 0.495. The van der Waals surface area contributed by atoms with E-state index in [0.717, 1.165) is 17.7 Å².